The lowest BCUT2D eigenvalue weighted by Gasteiger charge is -2.31. The van der Waals surface area contributed by atoms with Gasteiger partial charge < -0.3 is 23.8 Å². The van der Waals surface area contributed by atoms with E-state index in [4.69, 9.17) is 14.2 Å². The molecule has 0 bridgehead atoms. The maximum absolute atomic E-state index is 12.8. The number of nitrogens with zero attached hydrogens (tertiary/aromatic N) is 1. The highest BCUT2D eigenvalue weighted by Gasteiger charge is 2.31. The monoisotopic (exact) mass is 867 g/mol. The standard InChI is InChI=1S/C54H91NO7/c1-6-8-10-12-14-16-18-20-22-24-25-26-27-29-31-33-35-37-39-41-43-45-53(57)62-50(48-60-47-46-51(54(58)59)55(3,4)5)49-61-52(56)44-42-40-38-36-34-32-30-28-23-21-19-17-15-13-11-9-7-2/h9,11,13,15,17,19,21,23,26-28,30,32,34,50-51H,6-8,10,12,14,16,18,20,22,24-25,29,31,33,35-49H2,1-5H3/p+1/b11-9+,15-13+,19-17+,23-21+,27-26+,30-28+,34-32+. The minimum atomic E-state index is -0.885. The summed E-state index contributed by atoms with van der Waals surface area (Å²) in [7, 11) is 5.51. The van der Waals surface area contributed by atoms with Crippen molar-refractivity contribution in [2.75, 3.05) is 41.0 Å². The Bertz CT molecular complexity index is 1290. The summed E-state index contributed by atoms with van der Waals surface area (Å²) in [5, 5.41) is 9.64. The lowest BCUT2D eigenvalue weighted by atomic mass is 10.1. The molecule has 2 atom stereocenters. The first-order valence-electron chi connectivity index (χ1n) is 24.7. The topological polar surface area (TPSA) is 99.1 Å². The van der Waals surface area contributed by atoms with Gasteiger partial charge in [0, 0.05) is 19.3 Å². The number of aliphatic carboxylic acids is 1. The minimum Gasteiger partial charge on any atom is -0.477 e. The Kier molecular flexibility index (Phi) is 41.6. The summed E-state index contributed by atoms with van der Waals surface area (Å²) in [6.07, 6.45) is 57.8. The molecule has 0 fully saturated rings. The van der Waals surface area contributed by atoms with Gasteiger partial charge in [0.15, 0.2) is 12.1 Å². The van der Waals surface area contributed by atoms with Gasteiger partial charge in [-0.05, 0) is 57.8 Å². The van der Waals surface area contributed by atoms with E-state index in [9.17, 15) is 19.5 Å². The maximum atomic E-state index is 12.8. The van der Waals surface area contributed by atoms with Crippen molar-refractivity contribution in [2.24, 2.45) is 0 Å². The zero-order valence-electron chi connectivity index (χ0n) is 40.3. The Labute approximate surface area is 380 Å². The van der Waals surface area contributed by atoms with Crippen LogP contribution in [0, 0.1) is 0 Å². The third-order valence-electron chi connectivity index (χ3n) is 10.7. The van der Waals surface area contributed by atoms with Crippen molar-refractivity contribution >= 4 is 17.9 Å². The summed E-state index contributed by atoms with van der Waals surface area (Å²) in [6, 6.07) is -0.627. The van der Waals surface area contributed by atoms with Gasteiger partial charge in [0.1, 0.15) is 6.61 Å². The second kappa shape index (κ2) is 44.1. The number of hydrogen-bond donors (Lipinski definition) is 1. The van der Waals surface area contributed by atoms with Crippen LogP contribution in [0.5, 0.6) is 0 Å². The first kappa shape index (κ1) is 58.5. The Morgan fingerprint density at radius 2 is 0.919 bits per heavy atom. The molecule has 0 heterocycles. The van der Waals surface area contributed by atoms with Gasteiger partial charge >= 0.3 is 17.9 Å². The molecule has 8 nitrogen and oxygen atoms in total. The number of quaternary nitrogens is 1. The number of unbranched alkanes of at least 4 members (excludes halogenated alkanes) is 20. The number of carboxylic acid groups (broad SMARTS) is 1. The van der Waals surface area contributed by atoms with E-state index in [2.05, 4.69) is 38.2 Å². The van der Waals surface area contributed by atoms with Crippen molar-refractivity contribution in [3.8, 4) is 0 Å². The van der Waals surface area contributed by atoms with Crippen molar-refractivity contribution in [1.82, 2.24) is 0 Å². The van der Waals surface area contributed by atoms with Gasteiger partial charge in [0.05, 0.1) is 34.4 Å². The molecule has 354 valence electrons. The molecule has 0 aromatic heterocycles. The largest absolute Gasteiger partial charge is 0.477 e. The molecule has 2 unspecified atom stereocenters. The van der Waals surface area contributed by atoms with E-state index in [1.165, 1.54) is 103 Å². The van der Waals surface area contributed by atoms with E-state index in [0.29, 0.717) is 19.3 Å². The van der Waals surface area contributed by atoms with Gasteiger partial charge in [-0.25, -0.2) is 4.79 Å². The zero-order chi connectivity index (χ0) is 45.6. The van der Waals surface area contributed by atoms with Gasteiger partial charge in [-0.3, -0.25) is 9.59 Å². The number of carbonyl (C=O) groups is 3. The van der Waals surface area contributed by atoms with Crippen LogP contribution < -0.4 is 0 Å². The van der Waals surface area contributed by atoms with Gasteiger partial charge in [-0.15, -0.1) is 0 Å². The van der Waals surface area contributed by atoms with Gasteiger partial charge in [0.2, 0.25) is 0 Å². The van der Waals surface area contributed by atoms with Crippen molar-refractivity contribution in [3.05, 3.63) is 85.1 Å². The predicted molar refractivity (Wildman–Crippen MR) is 261 cm³/mol. The highest BCUT2D eigenvalue weighted by atomic mass is 16.6. The average Bonchev–Trinajstić information content (AvgIpc) is 3.23. The van der Waals surface area contributed by atoms with E-state index in [1.807, 2.05) is 81.9 Å². The number of likely N-dealkylation sites (N-methyl/N-ethyl adjacent to an activating group) is 1. The molecule has 0 saturated carbocycles. The lowest BCUT2D eigenvalue weighted by molar-refractivity contribution is -0.887. The van der Waals surface area contributed by atoms with Crippen LogP contribution in [0.15, 0.2) is 85.1 Å². The molecule has 0 radical (unpaired) electrons. The summed E-state index contributed by atoms with van der Waals surface area (Å²) in [6.45, 7) is 4.54. The van der Waals surface area contributed by atoms with Gasteiger partial charge in [-0.1, -0.05) is 195 Å². The van der Waals surface area contributed by atoms with E-state index < -0.39 is 18.1 Å². The number of carbonyl (C=O) groups excluding carboxylic acids is 2. The third-order valence-corrected chi connectivity index (χ3v) is 10.7. The summed E-state index contributed by atoms with van der Waals surface area (Å²) in [4.78, 5) is 37.1. The summed E-state index contributed by atoms with van der Waals surface area (Å²) >= 11 is 0. The fourth-order valence-electron chi connectivity index (χ4n) is 6.88. The van der Waals surface area contributed by atoms with Gasteiger partial charge in [0.25, 0.3) is 0 Å². The molecule has 0 saturated heterocycles. The maximum Gasteiger partial charge on any atom is 0.362 e. The Balaban J connectivity index is 4.36. The predicted octanol–water partition coefficient (Wildman–Crippen LogP) is 14.1. The summed E-state index contributed by atoms with van der Waals surface area (Å²) in [5.41, 5.74) is 0. The minimum absolute atomic E-state index is 0.0402. The fourth-order valence-corrected chi connectivity index (χ4v) is 6.88. The SMILES string of the molecule is CC/C=C/C=C/C=C/C=C/C=C/C=C/CCCCCC(=O)OCC(COCCC(C(=O)O)[N+](C)(C)C)OC(=O)CCCCCCCCC/C=C/CCCCCCCCCCCC. The second-order valence-electron chi connectivity index (χ2n) is 17.5. The third kappa shape index (κ3) is 41.8. The van der Waals surface area contributed by atoms with Crippen LogP contribution in [0.25, 0.3) is 0 Å². The Morgan fingerprint density at radius 3 is 1.40 bits per heavy atom. The first-order valence-corrected chi connectivity index (χ1v) is 24.7. The van der Waals surface area contributed by atoms with E-state index >= 15 is 0 Å². The smallest absolute Gasteiger partial charge is 0.362 e. The molecular formula is C54H92NO7+. The van der Waals surface area contributed by atoms with Crippen LogP contribution in [0.1, 0.15) is 187 Å². The molecule has 0 aliphatic carbocycles. The molecule has 0 spiro atoms. The van der Waals surface area contributed by atoms with Crippen molar-refractivity contribution < 1.29 is 38.2 Å². The fraction of sp³-hybridized carbons (Fsp3) is 0.685. The zero-order valence-corrected chi connectivity index (χ0v) is 40.3. The highest BCUT2D eigenvalue weighted by molar-refractivity contribution is 5.72. The van der Waals surface area contributed by atoms with Gasteiger partial charge in [-0.2, -0.15) is 0 Å². The number of ether oxygens (including phenoxy) is 3. The van der Waals surface area contributed by atoms with E-state index in [1.54, 1.807) is 0 Å². The molecular weight excluding hydrogens is 775 g/mol. The number of rotatable bonds is 43. The molecule has 62 heavy (non-hydrogen) atoms. The molecule has 0 aliphatic rings. The van der Waals surface area contributed by atoms with E-state index in [-0.39, 0.29) is 36.2 Å². The number of esters is 2. The van der Waals surface area contributed by atoms with Crippen LogP contribution in [0.3, 0.4) is 0 Å². The van der Waals surface area contributed by atoms with Crippen molar-refractivity contribution in [3.63, 3.8) is 0 Å². The Hall–Kier alpha value is -3.49. The number of carboxylic acids is 1. The molecule has 8 heteroatoms. The average molecular weight is 867 g/mol. The molecule has 0 aliphatic heterocycles. The van der Waals surface area contributed by atoms with E-state index in [0.717, 1.165) is 51.4 Å². The second-order valence-corrected chi connectivity index (χ2v) is 17.5. The molecule has 0 aromatic rings. The number of hydrogen-bond acceptors (Lipinski definition) is 6. The Morgan fingerprint density at radius 1 is 0.500 bits per heavy atom. The normalized spacial score (nSPS) is 13.6. The number of allylic oxidation sites excluding steroid dienone is 14. The molecule has 0 amide bonds. The molecule has 0 aromatic carbocycles. The quantitative estimate of drug-likeness (QED) is 0.0214. The van der Waals surface area contributed by atoms with Crippen LogP contribution in [-0.2, 0) is 28.6 Å². The molecule has 1 N–H and O–H groups in total. The van der Waals surface area contributed by atoms with Crippen LogP contribution in [0.2, 0.25) is 0 Å². The van der Waals surface area contributed by atoms with Crippen LogP contribution in [0.4, 0.5) is 0 Å². The highest BCUT2D eigenvalue weighted by Crippen LogP contribution is 2.14. The first-order chi connectivity index (χ1) is 30.1. The van der Waals surface area contributed by atoms with Crippen molar-refractivity contribution in [2.45, 2.75) is 199 Å². The van der Waals surface area contributed by atoms with Crippen LogP contribution in [-0.4, -0.2) is 80.6 Å². The lowest BCUT2D eigenvalue weighted by Crippen LogP contribution is -2.50. The summed E-state index contributed by atoms with van der Waals surface area (Å²) < 4.78 is 17.3. The van der Waals surface area contributed by atoms with Crippen molar-refractivity contribution in [1.29, 1.82) is 0 Å². The molecule has 0 rings (SSSR count). The van der Waals surface area contributed by atoms with Crippen LogP contribution >= 0.6 is 0 Å². The summed E-state index contributed by atoms with van der Waals surface area (Å²) in [5.74, 6) is -1.54.